The summed E-state index contributed by atoms with van der Waals surface area (Å²) in [6, 6.07) is 5.80. The van der Waals surface area contributed by atoms with Crippen molar-refractivity contribution in [2.75, 3.05) is 19.8 Å². The lowest BCUT2D eigenvalue weighted by Gasteiger charge is -2.23. The topological polar surface area (TPSA) is 30.5 Å². The predicted molar refractivity (Wildman–Crippen MR) is 77.8 cm³/mol. The molecule has 1 N–H and O–H groups in total. The van der Waals surface area contributed by atoms with Crippen LogP contribution >= 0.6 is 23.2 Å². The fourth-order valence-corrected chi connectivity index (χ4v) is 2.60. The van der Waals surface area contributed by atoms with E-state index in [0.717, 1.165) is 24.9 Å². The fourth-order valence-electron chi connectivity index (χ4n) is 2.16. The van der Waals surface area contributed by atoms with Crippen molar-refractivity contribution in [2.24, 2.45) is 0 Å². The SMILES string of the molecule is CCCNC(CC1OCCO1)c1cccc(Cl)c1Cl. The van der Waals surface area contributed by atoms with Crippen LogP contribution in [-0.4, -0.2) is 26.0 Å². The Labute approximate surface area is 124 Å². The molecule has 0 spiro atoms. The summed E-state index contributed by atoms with van der Waals surface area (Å²) < 4.78 is 11.0. The molecule has 0 aromatic heterocycles. The molecule has 1 unspecified atom stereocenters. The van der Waals surface area contributed by atoms with Gasteiger partial charge in [0.2, 0.25) is 0 Å². The van der Waals surface area contributed by atoms with E-state index in [0.29, 0.717) is 23.3 Å². The Balaban J connectivity index is 2.13. The van der Waals surface area contributed by atoms with Crippen LogP contribution in [-0.2, 0) is 9.47 Å². The van der Waals surface area contributed by atoms with Gasteiger partial charge in [-0.15, -0.1) is 0 Å². The summed E-state index contributed by atoms with van der Waals surface area (Å²) in [6.45, 7) is 4.37. The van der Waals surface area contributed by atoms with Gasteiger partial charge in [0.15, 0.2) is 6.29 Å². The molecular formula is C14H19Cl2NO2. The van der Waals surface area contributed by atoms with Gasteiger partial charge in [0.05, 0.1) is 23.3 Å². The minimum atomic E-state index is -0.163. The highest BCUT2D eigenvalue weighted by atomic mass is 35.5. The van der Waals surface area contributed by atoms with E-state index >= 15 is 0 Å². The third-order valence-corrected chi connectivity index (χ3v) is 3.95. The maximum atomic E-state index is 6.30. The Morgan fingerprint density at radius 1 is 1.32 bits per heavy atom. The van der Waals surface area contributed by atoms with Crippen LogP contribution in [0.4, 0.5) is 0 Å². The molecule has 1 aromatic rings. The number of hydrogen-bond acceptors (Lipinski definition) is 3. The molecule has 1 atom stereocenters. The van der Waals surface area contributed by atoms with Crippen LogP contribution in [0.2, 0.25) is 10.0 Å². The van der Waals surface area contributed by atoms with Crippen molar-refractivity contribution < 1.29 is 9.47 Å². The number of halogens is 2. The highest BCUT2D eigenvalue weighted by Crippen LogP contribution is 2.32. The van der Waals surface area contributed by atoms with Crippen LogP contribution in [0.1, 0.15) is 31.4 Å². The van der Waals surface area contributed by atoms with Crippen LogP contribution < -0.4 is 5.32 Å². The van der Waals surface area contributed by atoms with Crippen molar-refractivity contribution in [3.05, 3.63) is 33.8 Å². The number of hydrogen-bond donors (Lipinski definition) is 1. The van der Waals surface area contributed by atoms with Crippen LogP contribution in [0.15, 0.2) is 18.2 Å². The molecule has 1 aromatic carbocycles. The molecule has 0 saturated carbocycles. The van der Waals surface area contributed by atoms with Gasteiger partial charge in [-0.2, -0.15) is 0 Å². The smallest absolute Gasteiger partial charge is 0.159 e. The van der Waals surface area contributed by atoms with Crippen molar-refractivity contribution in [2.45, 2.75) is 32.1 Å². The standard InChI is InChI=1S/C14H19Cl2NO2/c1-2-6-17-12(9-13-18-7-8-19-13)10-4-3-5-11(15)14(10)16/h3-5,12-13,17H,2,6-9H2,1H3. The Morgan fingerprint density at radius 3 is 2.74 bits per heavy atom. The average molecular weight is 304 g/mol. The fraction of sp³-hybridized carbons (Fsp3) is 0.571. The van der Waals surface area contributed by atoms with Crippen LogP contribution in [0.25, 0.3) is 0 Å². The third-order valence-electron chi connectivity index (χ3n) is 3.12. The van der Waals surface area contributed by atoms with Crippen molar-refractivity contribution in [3.63, 3.8) is 0 Å². The first kappa shape index (κ1) is 15.1. The maximum Gasteiger partial charge on any atom is 0.159 e. The Kier molecular flexibility index (Phi) is 5.92. The molecule has 0 amide bonds. The first-order valence-electron chi connectivity index (χ1n) is 6.63. The molecule has 106 valence electrons. The number of nitrogens with one attached hydrogen (secondary N) is 1. The summed E-state index contributed by atoms with van der Waals surface area (Å²) in [6.07, 6.45) is 1.63. The molecule has 1 fully saturated rings. The summed E-state index contributed by atoms with van der Waals surface area (Å²) in [5.41, 5.74) is 1.00. The van der Waals surface area contributed by atoms with Gasteiger partial charge in [-0.1, -0.05) is 42.3 Å². The van der Waals surface area contributed by atoms with Crippen LogP contribution in [0, 0.1) is 0 Å². The van der Waals surface area contributed by atoms with Crippen LogP contribution in [0.5, 0.6) is 0 Å². The first-order valence-corrected chi connectivity index (χ1v) is 7.38. The zero-order valence-corrected chi connectivity index (χ0v) is 12.5. The largest absolute Gasteiger partial charge is 0.350 e. The molecule has 19 heavy (non-hydrogen) atoms. The maximum absolute atomic E-state index is 6.30. The Bertz CT molecular complexity index is 408. The second-order valence-corrected chi connectivity index (χ2v) is 5.34. The molecule has 1 saturated heterocycles. The van der Waals surface area contributed by atoms with E-state index in [4.69, 9.17) is 32.7 Å². The monoisotopic (exact) mass is 303 g/mol. The lowest BCUT2D eigenvalue weighted by atomic mass is 10.0. The Hall–Kier alpha value is -0.320. The van der Waals surface area contributed by atoms with Gasteiger partial charge in [-0.05, 0) is 24.6 Å². The molecule has 1 aliphatic heterocycles. The van der Waals surface area contributed by atoms with E-state index in [1.54, 1.807) is 6.07 Å². The molecule has 5 heteroatoms. The molecule has 0 aliphatic carbocycles. The van der Waals surface area contributed by atoms with E-state index in [1.807, 2.05) is 12.1 Å². The highest BCUT2D eigenvalue weighted by molar-refractivity contribution is 6.42. The molecule has 0 bridgehead atoms. The number of rotatable bonds is 6. The first-order chi connectivity index (χ1) is 9.22. The summed E-state index contributed by atoms with van der Waals surface area (Å²) in [5.74, 6) is 0. The zero-order chi connectivity index (χ0) is 13.7. The molecular weight excluding hydrogens is 285 g/mol. The molecule has 2 rings (SSSR count). The number of ether oxygens (including phenoxy) is 2. The minimum Gasteiger partial charge on any atom is -0.350 e. The molecule has 1 heterocycles. The normalized spacial score (nSPS) is 17.8. The van der Waals surface area contributed by atoms with E-state index in [2.05, 4.69) is 12.2 Å². The predicted octanol–water partition coefficient (Wildman–Crippen LogP) is 3.80. The summed E-state index contributed by atoms with van der Waals surface area (Å²) in [5, 5.41) is 4.66. The molecule has 0 radical (unpaired) electrons. The van der Waals surface area contributed by atoms with Crippen molar-refractivity contribution in [1.29, 1.82) is 0 Å². The quantitative estimate of drug-likeness (QED) is 0.867. The van der Waals surface area contributed by atoms with E-state index in [-0.39, 0.29) is 12.3 Å². The van der Waals surface area contributed by atoms with E-state index in [9.17, 15) is 0 Å². The van der Waals surface area contributed by atoms with Crippen molar-refractivity contribution in [3.8, 4) is 0 Å². The van der Waals surface area contributed by atoms with Crippen molar-refractivity contribution >= 4 is 23.2 Å². The van der Waals surface area contributed by atoms with Crippen molar-refractivity contribution in [1.82, 2.24) is 5.32 Å². The minimum absolute atomic E-state index is 0.0919. The average Bonchev–Trinajstić information content (AvgIpc) is 2.91. The van der Waals surface area contributed by atoms with Gasteiger partial charge in [-0.3, -0.25) is 0 Å². The van der Waals surface area contributed by atoms with Crippen LogP contribution in [0.3, 0.4) is 0 Å². The zero-order valence-electron chi connectivity index (χ0n) is 11.0. The lowest BCUT2D eigenvalue weighted by Crippen LogP contribution is -2.27. The second-order valence-electron chi connectivity index (χ2n) is 4.56. The lowest BCUT2D eigenvalue weighted by molar-refractivity contribution is -0.0529. The Morgan fingerprint density at radius 2 is 2.05 bits per heavy atom. The summed E-state index contributed by atoms with van der Waals surface area (Å²) in [4.78, 5) is 0. The van der Waals surface area contributed by atoms with Gasteiger partial charge < -0.3 is 14.8 Å². The summed E-state index contributed by atoms with van der Waals surface area (Å²) >= 11 is 12.4. The molecule has 1 aliphatic rings. The van der Waals surface area contributed by atoms with Gasteiger partial charge >= 0.3 is 0 Å². The van der Waals surface area contributed by atoms with E-state index in [1.165, 1.54) is 0 Å². The summed E-state index contributed by atoms with van der Waals surface area (Å²) in [7, 11) is 0. The number of benzene rings is 1. The van der Waals surface area contributed by atoms with Gasteiger partial charge in [0.1, 0.15) is 0 Å². The second kappa shape index (κ2) is 7.46. The highest BCUT2D eigenvalue weighted by Gasteiger charge is 2.24. The molecule has 3 nitrogen and oxygen atoms in total. The van der Waals surface area contributed by atoms with Gasteiger partial charge in [0.25, 0.3) is 0 Å². The van der Waals surface area contributed by atoms with Gasteiger partial charge in [-0.25, -0.2) is 0 Å². The third kappa shape index (κ3) is 4.07. The van der Waals surface area contributed by atoms with E-state index < -0.39 is 0 Å². The van der Waals surface area contributed by atoms with Gasteiger partial charge in [0, 0.05) is 12.5 Å².